The molecule has 2 rings (SSSR count). The molecule has 2 heteroatoms. The summed E-state index contributed by atoms with van der Waals surface area (Å²) in [7, 11) is 0. The van der Waals surface area contributed by atoms with E-state index in [0.717, 1.165) is 18.7 Å². The Morgan fingerprint density at radius 3 is 2.56 bits per heavy atom. The lowest BCUT2D eigenvalue weighted by Crippen LogP contribution is -2.36. The SMILES string of the molecule is Cc1ccccc1CC(=O)N1CCCCC1. The van der Waals surface area contributed by atoms with Gasteiger partial charge < -0.3 is 4.90 Å². The van der Waals surface area contributed by atoms with E-state index in [1.165, 1.54) is 24.8 Å². The van der Waals surface area contributed by atoms with E-state index in [0.29, 0.717) is 6.42 Å². The highest BCUT2D eigenvalue weighted by atomic mass is 16.2. The Kier molecular flexibility index (Phi) is 3.60. The van der Waals surface area contributed by atoms with Crippen LogP contribution in [0.2, 0.25) is 0 Å². The molecule has 1 aliphatic heterocycles. The van der Waals surface area contributed by atoms with Crippen LogP contribution in [0.1, 0.15) is 30.4 Å². The first-order valence-electron chi connectivity index (χ1n) is 6.09. The maximum Gasteiger partial charge on any atom is 0.226 e. The third kappa shape index (κ3) is 2.63. The van der Waals surface area contributed by atoms with Crippen molar-refractivity contribution in [3.05, 3.63) is 35.4 Å². The second kappa shape index (κ2) is 5.15. The van der Waals surface area contributed by atoms with Gasteiger partial charge in [-0.2, -0.15) is 0 Å². The molecule has 86 valence electrons. The molecule has 1 aromatic rings. The lowest BCUT2D eigenvalue weighted by atomic mass is 10.0. The van der Waals surface area contributed by atoms with Gasteiger partial charge in [0.15, 0.2) is 0 Å². The number of benzene rings is 1. The van der Waals surface area contributed by atoms with Crippen LogP contribution in [0.15, 0.2) is 24.3 Å². The summed E-state index contributed by atoms with van der Waals surface area (Å²) in [4.78, 5) is 14.1. The number of aryl methyl sites for hydroxylation is 1. The summed E-state index contributed by atoms with van der Waals surface area (Å²) < 4.78 is 0. The highest BCUT2D eigenvalue weighted by Crippen LogP contribution is 2.13. The van der Waals surface area contributed by atoms with E-state index < -0.39 is 0 Å². The molecule has 16 heavy (non-hydrogen) atoms. The Morgan fingerprint density at radius 2 is 1.88 bits per heavy atom. The zero-order chi connectivity index (χ0) is 11.4. The van der Waals surface area contributed by atoms with Gasteiger partial charge >= 0.3 is 0 Å². The van der Waals surface area contributed by atoms with Gasteiger partial charge in [0.1, 0.15) is 0 Å². The van der Waals surface area contributed by atoms with E-state index in [1.807, 2.05) is 17.0 Å². The van der Waals surface area contributed by atoms with Crippen molar-refractivity contribution in [3.63, 3.8) is 0 Å². The largest absolute Gasteiger partial charge is 0.342 e. The third-order valence-electron chi connectivity index (χ3n) is 3.31. The summed E-state index contributed by atoms with van der Waals surface area (Å²) in [5.74, 6) is 0.286. The minimum atomic E-state index is 0.286. The van der Waals surface area contributed by atoms with E-state index in [2.05, 4.69) is 19.1 Å². The second-order valence-electron chi connectivity index (χ2n) is 4.54. The Balaban J connectivity index is 1.99. The monoisotopic (exact) mass is 217 g/mol. The number of hydrogen-bond donors (Lipinski definition) is 0. The summed E-state index contributed by atoms with van der Waals surface area (Å²) in [6.45, 7) is 3.97. The number of likely N-dealkylation sites (tertiary alicyclic amines) is 1. The Bertz CT molecular complexity index is 367. The number of carbonyl (C=O) groups is 1. The highest BCUT2D eigenvalue weighted by molar-refractivity contribution is 5.79. The molecule has 0 radical (unpaired) electrons. The van der Waals surface area contributed by atoms with Crippen LogP contribution in [0, 0.1) is 6.92 Å². The molecule has 2 nitrogen and oxygen atoms in total. The normalized spacial score (nSPS) is 16.2. The first-order valence-corrected chi connectivity index (χ1v) is 6.09. The average molecular weight is 217 g/mol. The van der Waals surface area contributed by atoms with E-state index in [1.54, 1.807) is 0 Å². The number of rotatable bonds is 2. The molecule has 0 aliphatic carbocycles. The number of hydrogen-bond acceptors (Lipinski definition) is 1. The number of piperidine rings is 1. The number of amides is 1. The van der Waals surface area contributed by atoms with Crippen molar-refractivity contribution in [2.45, 2.75) is 32.6 Å². The minimum absolute atomic E-state index is 0.286. The van der Waals surface area contributed by atoms with Gasteiger partial charge in [0, 0.05) is 13.1 Å². The summed E-state index contributed by atoms with van der Waals surface area (Å²) in [5.41, 5.74) is 2.38. The van der Waals surface area contributed by atoms with Crippen LogP contribution < -0.4 is 0 Å². The number of nitrogens with zero attached hydrogens (tertiary/aromatic N) is 1. The van der Waals surface area contributed by atoms with Crippen LogP contribution in [-0.4, -0.2) is 23.9 Å². The van der Waals surface area contributed by atoms with Gasteiger partial charge in [0.05, 0.1) is 6.42 Å². The van der Waals surface area contributed by atoms with Gasteiger partial charge in [-0.25, -0.2) is 0 Å². The average Bonchev–Trinajstić information content (AvgIpc) is 2.33. The zero-order valence-corrected chi connectivity index (χ0v) is 9.91. The van der Waals surface area contributed by atoms with Crippen molar-refractivity contribution in [1.82, 2.24) is 4.90 Å². The topological polar surface area (TPSA) is 20.3 Å². The molecule has 0 unspecified atom stereocenters. The lowest BCUT2D eigenvalue weighted by molar-refractivity contribution is -0.131. The molecule has 0 bridgehead atoms. The van der Waals surface area contributed by atoms with Crippen molar-refractivity contribution in [2.24, 2.45) is 0 Å². The molecule has 0 saturated carbocycles. The third-order valence-corrected chi connectivity index (χ3v) is 3.31. The molecule has 1 fully saturated rings. The first kappa shape index (κ1) is 11.2. The van der Waals surface area contributed by atoms with Gasteiger partial charge in [-0.15, -0.1) is 0 Å². The molecule has 0 N–H and O–H groups in total. The van der Waals surface area contributed by atoms with E-state index in [9.17, 15) is 4.79 Å². The minimum Gasteiger partial charge on any atom is -0.342 e. The maximum absolute atomic E-state index is 12.0. The molecule has 1 amide bonds. The van der Waals surface area contributed by atoms with Crippen LogP contribution in [0.5, 0.6) is 0 Å². The van der Waals surface area contributed by atoms with Crippen LogP contribution >= 0.6 is 0 Å². The highest BCUT2D eigenvalue weighted by Gasteiger charge is 2.16. The van der Waals surface area contributed by atoms with Gasteiger partial charge in [0.2, 0.25) is 5.91 Å². The first-order chi connectivity index (χ1) is 7.77. The molecule has 0 aromatic heterocycles. The summed E-state index contributed by atoms with van der Waals surface area (Å²) in [6, 6.07) is 8.14. The number of carbonyl (C=O) groups excluding carboxylic acids is 1. The quantitative estimate of drug-likeness (QED) is 0.745. The van der Waals surface area contributed by atoms with Crippen molar-refractivity contribution >= 4 is 5.91 Å². The van der Waals surface area contributed by atoms with Crippen LogP contribution in [0.25, 0.3) is 0 Å². The van der Waals surface area contributed by atoms with Crippen LogP contribution in [-0.2, 0) is 11.2 Å². The van der Waals surface area contributed by atoms with E-state index >= 15 is 0 Å². The van der Waals surface area contributed by atoms with Gasteiger partial charge in [-0.05, 0) is 37.3 Å². The zero-order valence-electron chi connectivity index (χ0n) is 9.91. The summed E-state index contributed by atoms with van der Waals surface area (Å²) in [6.07, 6.45) is 4.17. The van der Waals surface area contributed by atoms with Gasteiger partial charge in [0.25, 0.3) is 0 Å². The van der Waals surface area contributed by atoms with Crippen LogP contribution in [0.4, 0.5) is 0 Å². The predicted molar refractivity (Wildman–Crippen MR) is 65.3 cm³/mol. The van der Waals surface area contributed by atoms with Gasteiger partial charge in [-0.1, -0.05) is 24.3 Å². The lowest BCUT2D eigenvalue weighted by Gasteiger charge is -2.27. The van der Waals surface area contributed by atoms with Crippen molar-refractivity contribution in [1.29, 1.82) is 0 Å². The Labute approximate surface area is 97.3 Å². The molecular formula is C14H19NO. The molecule has 1 saturated heterocycles. The molecule has 0 atom stereocenters. The fourth-order valence-electron chi connectivity index (χ4n) is 2.23. The van der Waals surface area contributed by atoms with Crippen molar-refractivity contribution in [3.8, 4) is 0 Å². The van der Waals surface area contributed by atoms with E-state index in [-0.39, 0.29) is 5.91 Å². The molecule has 1 aliphatic rings. The smallest absolute Gasteiger partial charge is 0.226 e. The maximum atomic E-state index is 12.0. The molecular weight excluding hydrogens is 198 g/mol. The fourth-order valence-corrected chi connectivity index (χ4v) is 2.23. The molecule has 1 heterocycles. The predicted octanol–water partition coefficient (Wildman–Crippen LogP) is 2.55. The van der Waals surface area contributed by atoms with Crippen LogP contribution in [0.3, 0.4) is 0 Å². The van der Waals surface area contributed by atoms with Crippen molar-refractivity contribution < 1.29 is 4.79 Å². The second-order valence-corrected chi connectivity index (χ2v) is 4.54. The molecule has 0 spiro atoms. The van der Waals surface area contributed by atoms with E-state index in [4.69, 9.17) is 0 Å². The van der Waals surface area contributed by atoms with Crippen molar-refractivity contribution in [2.75, 3.05) is 13.1 Å². The Hall–Kier alpha value is -1.31. The molecule has 1 aromatic carbocycles. The fraction of sp³-hybridized carbons (Fsp3) is 0.500. The van der Waals surface area contributed by atoms with Gasteiger partial charge in [-0.3, -0.25) is 4.79 Å². The standard InChI is InChI=1S/C14H19NO/c1-12-7-3-4-8-13(12)11-14(16)15-9-5-2-6-10-15/h3-4,7-8H,2,5-6,9-11H2,1H3. The Morgan fingerprint density at radius 1 is 1.19 bits per heavy atom. The summed E-state index contributed by atoms with van der Waals surface area (Å²) >= 11 is 0. The summed E-state index contributed by atoms with van der Waals surface area (Å²) in [5, 5.41) is 0.